The van der Waals surface area contributed by atoms with Gasteiger partial charge in [-0.1, -0.05) is 225 Å². The number of hydrogen-bond donors (Lipinski definition) is 1. The van der Waals surface area contributed by atoms with E-state index in [1.54, 1.807) is 0 Å². The van der Waals surface area contributed by atoms with Crippen molar-refractivity contribution in [2.24, 2.45) is 0 Å². The van der Waals surface area contributed by atoms with Crippen LogP contribution < -0.4 is 0 Å². The number of phosphoric acid groups is 1. The molecule has 0 amide bonds. The van der Waals surface area contributed by atoms with Crippen molar-refractivity contribution in [1.82, 2.24) is 0 Å². The second-order valence-electron chi connectivity index (χ2n) is 19.6. The Labute approximate surface area is 390 Å². The Kier molecular flexibility index (Phi) is 45.0. The summed E-state index contributed by atoms with van der Waals surface area (Å²) in [5.41, 5.74) is 0. The maximum Gasteiger partial charge on any atom is 0.472 e. The molecule has 0 aromatic carbocycles. The minimum absolute atomic E-state index is 0.0349. The number of phosphoric ester groups is 1. The molecule has 0 aromatic rings. The van der Waals surface area contributed by atoms with Crippen LogP contribution in [0.5, 0.6) is 0 Å². The molecule has 63 heavy (non-hydrogen) atoms. The number of carbonyl (C=O) groups excluding carboxylic acids is 2. The van der Waals surface area contributed by atoms with E-state index in [0.29, 0.717) is 23.9 Å². The van der Waals surface area contributed by atoms with E-state index in [2.05, 4.69) is 26.0 Å². The highest BCUT2D eigenvalue weighted by Gasteiger charge is 2.27. The van der Waals surface area contributed by atoms with E-state index in [9.17, 15) is 19.0 Å². The molecule has 0 bridgehead atoms. The molecule has 9 nitrogen and oxygen atoms in total. The van der Waals surface area contributed by atoms with Gasteiger partial charge in [0.25, 0.3) is 0 Å². The Bertz CT molecular complexity index is 1080. The predicted octanol–water partition coefficient (Wildman–Crippen LogP) is 16.1. The van der Waals surface area contributed by atoms with Crippen LogP contribution in [0.2, 0.25) is 0 Å². The number of likely N-dealkylation sites (N-methyl/N-ethyl adjacent to an activating group) is 1. The largest absolute Gasteiger partial charge is 0.472 e. The van der Waals surface area contributed by atoms with Gasteiger partial charge in [0.05, 0.1) is 27.7 Å². The molecular formula is C53H105NO8P+. The summed E-state index contributed by atoms with van der Waals surface area (Å²) >= 11 is 0. The minimum Gasteiger partial charge on any atom is -0.462 e. The molecule has 1 N–H and O–H groups in total. The van der Waals surface area contributed by atoms with Crippen molar-refractivity contribution >= 4 is 19.8 Å². The first-order valence-corrected chi connectivity index (χ1v) is 28.4. The zero-order valence-corrected chi connectivity index (χ0v) is 43.2. The van der Waals surface area contributed by atoms with Crippen LogP contribution in [-0.2, 0) is 32.7 Å². The van der Waals surface area contributed by atoms with Gasteiger partial charge in [0.15, 0.2) is 6.10 Å². The Morgan fingerprint density at radius 2 is 0.810 bits per heavy atom. The second kappa shape index (κ2) is 45.9. The molecule has 374 valence electrons. The lowest BCUT2D eigenvalue weighted by molar-refractivity contribution is -0.870. The molecule has 0 spiro atoms. The highest BCUT2D eigenvalue weighted by Crippen LogP contribution is 2.43. The Morgan fingerprint density at radius 1 is 0.476 bits per heavy atom. The first-order chi connectivity index (χ1) is 30.5. The third kappa shape index (κ3) is 50.0. The van der Waals surface area contributed by atoms with Crippen LogP contribution in [0.25, 0.3) is 0 Å². The molecule has 2 unspecified atom stereocenters. The standard InChI is InChI=1S/C53H104NO8P/c1-6-8-10-12-14-16-18-20-22-24-26-28-29-31-33-35-37-39-41-43-45-52(55)59-49-51(50-61-63(57,58)60-48-47-54(3,4)5)62-53(56)46-44-42-40-38-36-34-32-30-27-25-23-21-19-17-15-13-11-9-7-2/h21,23,51H,6-20,22,24-50H2,1-5H3/p+1/b23-21-. The molecule has 0 aliphatic carbocycles. The van der Waals surface area contributed by atoms with Gasteiger partial charge in [0.2, 0.25) is 0 Å². The van der Waals surface area contributed by atoms with Crippen molar-refractivity contribution in [3.63, 3.8) is 0 Å². The lowest BCUT2D eigenvalue weighted by atomic mass is 10.0. The van der Waals surface area contributed by atoms with Crippen molar-refractivity contribution in [1.29, 1.82) is 0 Å². The molecule has 0 aliphatic rings. The molecule has 0 radical (unpaired) electrons. The van der Waals surface area contributed by atoms with Gasteiger partial charge < -0.3 is 18.9 Å². The van der Waals surface area contributed by atoms with Crippen LogP contribution in [0, 0.1) is 0 Å². The SMILES string of the molecule is CCCCCCCC/C=C\CCCCCCCCCCCC(=O)OC(COC(=O)CCCCCCCCCCCCCCCCCCCCCC)COP(=O)(O)OCC[N+](C)(C)C. The summed E-state index contributed by atoms with van der Waals surface area (Å²) in [6.07, 6.45) is 51.2. The third-order valence-corrected chi connectivity index (χ3v) is 13.0. The maximum absolute atomic E-state index is 12.8. The monoisotopic (exact) mass is 915 g/mol. The highest BCUT2D eigenvalue weighted by atomic mass is 31.2. The zero-order valence-electron chi connectivity index (χ0n) is 42.3. The van der Waals surface area contributed by atoms with Crippen LogP contribution in [0.3, 0.4) is 0 Å². The fraction of sp³-hybridized carbons (Fsp3) is 0.925. The summed E-state index contributed by atoms with van der Waals surface area (Å²) in [5.74, 6) is -0.783. The van der Waals surface area contributed by atoms with Crippen LogP contribution in [0.1, 0.15) is 264 Å². The first kappa shape index (κ1) is 61.8. The first-order valence-electron chi connectivity index (χ1n) is 26.9. The van der Waals surface area contributed by atoms with E-state index in [0.717, 1.165) is 32.1 Å². The highest BCUT2D eigenvalue weighted by molar-refractivity contribution is 7.47. The molecule has 10 heteroatoms. The number of quaternary nitrogens is 1. The van der Waals surface area contributed by atoms with Gasteiger partial charge in [-0.05, 0) is 38.5 Å². The van der Waals surface area contributed by atoms with Gasteiger partial charge in [-0.15, -0.1) is 0 Å². The number of unbranched alkanes of at least 4 members (excludes halogenated alkanes) is 34. The summed E-state index contributed by atoms with van der Waals surface area (Å²) < 4.78 is 34.5. The zero-order chi connectivity index (χ0) is 46.4. The quantitative estimate of drug-likeness (QED) is 0.0211. The predicted molar refractivity (Wildman–Crippen MR) is 266 cm³/mol. The molecule has 0 saturated heterocycles. The van der Waals surface area contributed by atoms with E-state index in [4.69, 9.17) is 18.5 Å². The van der Waals surface area contributed by atoms with Crippen LogP contribution >= 0.6 is 7.82 Å². The molecule has 0 saturated carbocycles. The number of rotatable bonds is 50. The summed E-state index contributed by atoms with van der Waals surface area (Å²) in [4.78, 5) is 35.6. The Morgan fingerprint density at radius 3 is 1.17 bits per heavy atom. The van der Waals surface area contributed by atoms with Crippen molar-refractivity contribution in [2.75, 3.05) is 47.5 Å². The smallest absolute Gasteiger partial charge is 0.462 e. The van der Waals surface area contributed by atoms with Crippen molar-refractivity contribution in [3.8, 4) is 0 Å². The van der Waals surface area contributed by atoms with Gasteiger partial charge >= 0.3 is 19.8 Å². The van der Waals surface area contributed by atoms with E-state index in [1.807, 2.05) is 21.1 Å². The molecule has 2 atom stereocenters. The second-order valence-corrected chi connectivity index (χ2v) is 21.1. The number of ether oxygens (including phenoxy) is 2. The van der Waals surface area contributed by atoms with E-state index < -0.39 is 26.5 Å². The number of hydrogen-bond acceptors (Lipinski definition) is 7. The van der Waals surface area contributed by atoms with Crippen LogP contribution in [-0.4, -0.2) is 74.9 Å². The molecule has 0 aliphatic heterocycles. The molecule has 0 heterocycles. The minimum atomic E-state index is -4.38. The van der Waals surface area contributed by atoms with Crippen LogP contribution in [0.15, 0.2) is 12.2 Å². The average Bonchev–Trinajstić information content (AvgIpc) is 3.24. The third-order valence-electron chi connectivity index (χ3n) is 12.0. The number of esters is 2. The normalized spacial score (nSPS) is 13.4. The van der Waals surface area contributed by atoms with Gasteiger partial charge in [-0.2, -0.15) is 0 Å². The Balaban J connectivity index is 4.19. The maximum atomic E-state index is 12.8. The van der Waals surface area contributed by atoms with E-state index >= 15 is 0 Å². The molecule has 0 aromatic heterocycles. The van der Waals surface area contributed by atoms with Crippen molar-refractivity contribution in [2.45, 2.75) is 270 Å². The van der Waals surface area contributed by atoms with E-state index in [1.165, 1.54) is 199 Å². The van der Waals surface area contributed by atoms with Gasteiger partial charge in [0, 0.05) is 12.8 Å². The summed E-state index contributed by atoms with van der Waals surface area (Å²) in [7, 11) is 1.49. The molecule has 0 rings (SSSR count). The fourth-order valence-electron chi connectivity index (χ4n) is 7.84. The number of allylic oxidation sites excluding steroid dienone is 2. The van der Waals surface area contributed by atoms with Gasteiger partial charge in [0.1, 0.15) is 19.8 Å². The summed E-state index contributed by atoms with van der Waals surface area (Å²) in [5, 5.41) is 0. The van der Waals surface area contributed by atoms with Crippen molar-refractivity contribution in [3.05, 3.63) is 12.2 Å². The molecule has 0 fully saturated rings. The summed E-state index contributed by atoms with van der Waals surface area (Å²) in [6, 6.07) is 0. The number of carbonyl (C=O) groups is 2. The molecular weight excluding hydrogens is 810 g/mol. The van der Waals surface area contributed by atoms with Gasteiger partial charge in [-0.25, -0.2) is 4.57 Å². The lowest BCUT2D eigenvalue weighted by Crippen LogP contribution is -2.37. The Hall–Kier alpha value is -1.25. The van der Waals surface area contributed by atoms with E-state index in [-0.39, 0.29) is 25.6 Å². The topological polar surface area (TPSA) is 108 Å². The average molecular weight is 915 g/mol. The van der Waals surface area contributed by atoms with Gasteiger partial charge in [-0.3, -0.25) is 18.6 Å². The summed E-state index contributed by atoms with van der Waals surface area (Å²) in [6.45, 7) is 4.48. The number of nitrogens with zero attached hydrogens (tertiary/aromatic N) is 1. The lowest BCUT2D eigenvalue weighted by Gasteiger charge is -2.24. The van der Waals surface area contributed by atoms with Crippen LogP contribution in [0.4, 0.5) is 0 Å². The fourth-order valence-corrected chi connectivity index (χ4v) is 8.58. The van der Waals surface area contributed by atoms with Crippen molar-refractivity contribution < 1.29 is 42.1 Å².